The number of aryl methyl sites for hydroxylation is 1. The molecule has 1 fully saturated rings. The molecule has 29 heavy (non-hydrogen) atoms. The Labute approximate surface area is 177 Å². The van der Waals surface area contributed by atoms with E-state index in [1.165, 1.54) is 5.56 Å². The number of hydrogen-bond acceptors (Lipinski definition) is 5. The zero-order valence-corrected chi connectivity index (χ0v) is 18.1. The predicted molar refractivity (Wildman–Crippen MR) is 115 cm³/mol. The summed E-state index contributed by atoms with van der Waals surface area (Å²) in [5.74, 6) is -0.217. The minimum Gasteiger partial charge on any atom is -0.481 e. The summed E-state index contributed by atoms with van der Waals surface area (Å²) >= 11 is 1.62. The molecule has 0 bridgehead atoms. The van der Waals surface area contributed by atoms with Gasteiger partial charge in [0.2, 0.25) is 0 Å². The number of Topliss-reactive ketones (excluding diaryl/α,β-unsaturated/α-hetero) is 1. The van der Waals surface area contributed by atoms with E-state index in [1.54, 1.807) is 11.8 Å². The van der Waals surface area contributed by atoms with Crippen LogP contribution in [-0.2, 0) is 9.59 Å². The molecule has 2 rings (SSSR count). The molecule has 0 aliphatic heterocycles. The van der Waals surface area contributed by atoms with Crippen molar-refractivity contribution in [2.24, 2.45) is 11.8 Å². The van der Waals surface area contributed by atoms with Crippen molar-refractivity contribution in [1.82, 2.24) is 0 Å². The number of carboxylic acids is 1. The molecule has 1 aromatic carbocycles. The van der Waals surface area contributed by atoms with Gasteiger partial charge in [-0.1, -0.05) is 37.0 Å². The van der Waals surface area contributed by atoms with Crippen LogP contribution in [0.25, 0.3) is 0 Å². The van der Waals surface area contributed by atoms with Crippen LogP contribution in [0.4, 0.5) is 0 Å². The molecule has 162 valence electrons. The van der Waals surface area contributed by atoms with Gasteiger partial charge in [-0.15, -0.1) is 11.8 Å². The Morgan fingerprint density at radius 3 is 2.52 bits per heavy atom. The summed E-state index contributed by atoms with van der Waals surface area (Å²) in [5, 5.41) is 29.3. The fourth-order valence-corrected chi connectivity index (χ4v) is 4.95. The number of carbonyl (C=O) groups is 2. The van der Waals surface area contributed by atoms with Gasteiger partial charge in [-0.05, 0) is 50.7 Å². The summed E-state index contributed by atoms with van der Waals surface area (Å²) in [6.45, 7) is 2.05. The molecule has 0 spiro atoms. The molecule has 6 heteroatoms. The van der Waals surface area contributed by atoms with Crippen LogP contribution in [0, 0.1) is 18.8 Å². The highest BCUT2D eigenvalue weighted by molar-refractivity contribution is 7.99. The molecule has 0 amide bonds. The molecule has 0 saturated heterocycles. The lowest BCUT2D eigenvalue weighted by Gasteiger charge is -2.22. The van der Waals surface area contributed by atoms with Crippen molar-refractivity contribution < 1.29 is 24.9 Å². The number of carbonyl (C=O) groups excluding carboxylic acids is 1. The van der Waals surface area contributed by atoms with Crippen LogP contribution >= 0.6 is 11.8 Å². The third kappa shape index (κ3) is 8.49. The lowest BCUT2D eigenvalue weighted by Crippen LogP contribution is -2.23. The summed E-state index contributed by atoms with van der Waals surface area (Å²) in [6.07, 6.45) is 4.68. The molecule has 4 atom stereocenters. The maximum Gasteiger partial charge on any atom is 0.303 e. The minimum absolute atomic E-state index is 0.0689. The van der Waals surface area contributed by atoms with E-state index in [1.807, 2.05) is 6.92 Å². The van der Waals surface area contributed by atoms with Crippen LogP contribution in [-0.4, -0.2) is 45.0 Å². The van der Waals surface area contributed by atoms with Gasteiger partial charge in [0.25, 0.3) is 0 Å². The maximum atomic E-state index is 12.3. The Morgan fingerprint density at radius 2 is 1.83 bits per heavy atom. The maximum absolute atomic E-state index is 12.3. The fraction of sp³-hybridized carbons (Fsp3) is 0.652. The number of aliphatic hydroxyl groups is 2. The van der Waals surface area contributed by atoms with E-state index < -0.39 is 18.2 Å². The lowest BCUT2D eigenvalue weighted by molar-refractivity contribution is -0.137. The molecule has 0 aromatic heterocycles. The normalized spacial score (nSPS) is 22.7. The highest BCUT2D eigenvalue weighted by Crippen LogP contribution is 2.37. The van der Waals surface area contributed by atoms with Crippen molar-refractivity contribution in [2.75, 3.05) is 5.75 Å². The Kier molecular flexibility index (Phi) is 10.2. The summed E-state index contributed by atoms with van der Waals surface area (Å²) < 4.78 is 0. The molecule has 3 unspecified atom stereocenters. The first-order valence-electron chi connectivity index (χ1n) is 10.7. The quantitative estimate of drug-likeness (QED) is 0.325. The highest BCUT2D eigenvalue weighted by atomic mass is 32.2. The van der Waals surface area contributed by atoms with E-state index in [-0.39, 0.29) is 30.5 Å². The zero-order valence-electron chi connectivity index (χ0n) is 17.3. The second-order valence-corrected chi connectivity index (χ2v) is 9.30. The van der Waals surface area contributed by atoms with E-state index in [0.717, 1.165) is 30.6 Å². The van der Waals surface area contributed by atoms with Gasteiger partial charge in [-0.3, -0.25) is 9.59 Å². The topological polar surface area (TPSA) is 94.8 Å². The van der Waals surface area contributed by atoms with E-state index in [2.05, 4.69) is 24.3 Å². The van der Waals surface area contributed by atoms with Gasteiger partial charge < -0.3 is 15.3 Å². The SMILES string of the molecule is Cc1ccc(SCC(O)CC[C@H]2C(O)CC(=O)C2CCCCCCC(=O)O)cc1. The van der Waals surface area contributed by atoms with Gasteiger partial charge in [-0.25, -0.2) is 0 Å². The summed E-state index contributed by atoms with van der Waals surface area (Å²) in [4.78, 5) is 24.0. The number of aliphatic hydroxyl groups excluding tert-OH is 2. The Bertz CT molecular complexity index is 645. The average Bonchev–Trinajstić information content (AvgIpc) is 2.94. The van der Waals surface area contributed by atoms with Crippen LogP contribution in [0.2, 0.25) is 0 Å². The Balaban J connectivity index is 1.71. The van der Waals surface area contributed by atoms with E-state index in [9.17, 15) is 19.8 Å². The molecule has 1 aromatic rings. The molecular weight excluding hydrogens is 388 g/mol. The number of benzene rings is 1. The van der Waals surface area contributed by atoms with Crippen molar-refractivity contribution in [2.45, 2.75) is 81.8 Å². The van der Waals surface area contributed by atoms with Crippen molar-refractivity contribution in [3.63, 3.8) is 0 Å². The van der Waals surface area contributed by atoms with Crippen molar-refractivity contribution in [1.29, 1.82) is 0 Å². The molecule has 1 saturated carbocycles. The second kappa shape index (κ2) is 12.4. The van der Waals surface area contributed by atoms with Crippen LogP contribution in [0.1, 0.15) is 63.4 Å². The first-order chi connectivity index (χ1) is 13.9. The standard InChI is InChI=1S/C23H34O5S/c1-16-8-11-18(12-9-16)29-15-17(24)10-13-20-19(21(25)14-22(20)26)6-4-2-3-5-7-23(27)28/h8-9,11-12,17,19-20,22,24,26H,2-7,10,13-15H2,1H3,(H,27,28)/t17?,19?,20-,22?/m1/s1. The van der Waals surface area contributed by atoms with Gasteiger partial charge in [0.05, 0.1) is 12.2 Å². The smallest absolute Gasteiger partial charge is 0.303 e. The van der Waals surface area contributed by atoms with Crippen molar-refractivity contribution >= 4 is 23.5 Å². The van der Waals surface area contributed by atoms with Gasteiger partial charge in [0, 0.05) is 29.4 Å². The number of ketones is 1. The molecule has 0 radical (unpaired) electrons. The fourth-order valence-electron chi connectivity index (χ4n) is 4.07. The third-order valence-corrected chi connectivity index (χ3v) is 6.94. The Hall–Kier alpha value is -1.37. The molecular formula is C23H34O5S. The number of rotatable bonds is 13. The first kappa shape index (κ1) is 23.9. The van der Waals surface area contributed by atoms with Gasteiger partial charge in [0.1, 0.15) is 5.78 Å². The monoisotopic (exact) mass is 422 g/mol. The van der Waals surface area contributed by atoms with Crippen molar-refractivity contribution in [3.05, 3.63) is 29.8 Å². The summed E-state index contributed by atoms with van der Waals surface area (Å²) in [5.41, 5.74) is 1.21. The highest BCUT2D eigenvalue weighted by Gasteiger charge is 2.40. The third-order valence-electron chi connectivity index (χ3n) is 5.79. The molecule has 3 N–H and O–H groups in total. The van der Waals surface area contributed by atoms with E-state index in [0.29, 0.717) is 25.0 Å². The van der Waals surface area contributed by atoms with Crippen LogP contribution < -0.4 is 0 Å². The van der Waals surface area contributed by atoms with Crippen LogP contribution in [0.3, 0.4) is 0 Å². The van der Waals surface area contributed by atoms with E-state index in [4.69, 9.17) is 5.11 Å². The van der Waals surface area contributed by atoms with Crippen LogP contribution in [0.15, 0.2) is 29.2 Å². The second-order valence-electron chi connectivity index (χ2n) is 8.21. The molecule has 5 nitrogen and oxygen atoms in total. The number of aliphatic carboxylic acids is 1. The first-order valence-corrected chi connectivity index (χ1v) is 11.7. The molecule has 0 heterocycles. The van der Waals surface area contributed by atoms with Gasteiger partial charge >= 0.3 is 5.97 Å². The number of unbranched alkanes of at least 4 members (excludes halogenated alkanes) is 3. The van der Waals surface area contributed by atoms with E-state index >= 15 is 0 Å². The minimum atomic E-state index is -0.766. The average molecular weight is 423 g/mol. The largest absolute Gasteiger partial charge is 0.481 e. The van der Waals surface area contributed by atoms with Gasteiger partial charge in [-0.2, -0.15) is 0 Å². The summed E-state index contributed by atoms with van der Waals surface area (Å²) in [6, 6.07) is 8.22. The number of thioether (sulfide) groups is 1. The number of hydrogen-bond donors (Lipinski definition) is 3. The molecule has 1 aliphatic carbocycles. The van der Waals surface area contributed by atoms with Crippen molar-refractivity contribution in [3.8, 4) is 0 Å². The van der Waals surface area contributed by atoms with Crippen LogP contribution in [0.5, 0.6) is 0 Å². The molecule has 1 aliphatic rings. The lowest BCUT2D eigenvalue weighted by atomic mass is 9.85. The number of carboxylic acid groups (broad SMARTS) is 1. The van der Waals surface area contributed by atoms with Gasteiger partial charge in [0.15, 0.2) is 0 Å². The Morgan fingerprint density at radius 1 is 1.14 bits per heavy atom. The summed E-state index contributed by atoms with van der Waals surface area (Å²) in [7, 11) is 0. The zero-order chi connectivity index (χ0) is 21.2. The predicted octanol–water partition coefficient (Wildman–Crippen LogP) is 4.22.